The van der Waals surface area contributed by atoms with E-state index in [-0.39, 0.29) is 6.29 Å². The molecular weight excluding hydrogens is 316 g/mol. The minimum absolute atomic E-state index is 0.337. The lowest BCUT2D eigenvalue weighted by Crippen LogP contribution is -2.20. The molecule has 0 spiro atoms. The van der Waals surface area contributed by atoms with Gasteiger partial charge in [0.05, 0.1) is 13.7 Å². The lowest BCUT2D eigenvalue weighted by molar-refractivity contribution is -0.0740. The van der Waals surface area contributed by atoms with Gasteiger partial charge in [-0.1, -0.05) is 38.1 Å². The Morgan fingerprint density at radius 1 is 0.880 bits per heavy atom. The van der Waals surface area contributed by atoms with Crippen LogP contribution >= 0.6 is 0 Å². The van der Waals surface area contributed by atoms with Crippen molar-refractivity contribution in [2.75, 3.05) is 20.3 Å². The van der Waals surface area contributed by atoms with Crippen LogP contribution in [0.5, 0.6) is 17.2 Å². The number of hydrogen-bond donors (Lipinski definition) is 0. The fourth-order valence-electron chi connectivity index (χ4n) is 2.44. The Labute approximate surface area is 150 Å². The number of methoxy groups -OCH3 is 1. The van der Waals surface area contributed by atoms with Gasteiger partial charge in [0.15, 0.2) is 17.8 Å². The largest absolute Gasteiger partial charge is 0.493 e. The van der Waals surface area contributed by atoms with E-state index in [0.717, 1.165) is 12.2 Å². The van der Waals surface area contributed by atoms with Crippen molar-refractivity contribution in [2.24, 2.45) is 0 Å². The highest BCUT2D eigenvalue weighted by molar-refractivity contribution is 5.39. The summed E-state index contributed by atoms with van der Waals surface area (Å²) in [6, 6.07) is 15.8. The normalized spacial score (nSPS) is 13.1. The maximum Gasteiger partial charge on any atom is 0.197 e. The zero-order valence-corrected chi connectivity index (χ0v) is 15.5. The molecule has 0 saturated heterocycles. The van der Waals surface area contributed by atoms with Crippen LogP contribution in [-0.2, 0) is 4.74 Å². The Balaban J connectivity index is 1.72. The lowest BCUT2D eigenvalue weighted by atomic mass is 9.99. The van der Waals surface area contributed by atoms with Gasteiger partial charge in [0.25, 0.3) is 0 Å². The first-order valence-corrected chi connectivity index (χ1v) is 8.78. The molecule has 0 aromatic heterocycles. The summed E-state index contributed by atoms with van der Waals surface area (Å²) in [4.78, 5) is 0. The molecule has 136 valence electrons. The Morgan fingerprint density at radius 2 is 1.56 bits per heavy atom. The molecule has 0 aliphatic rings. The summed E-state index contributed by atoms with van der Waals surface area (Å²) < 4.78 is 22.4. The third kappa shape index (κ3) is 5.98. The molecule has 0 bridgehead atoms. The molecule has 2 aromatic carbocycles. The predicted molar refractivity (Wildman–Crippen MR) is 99.7 cm³/mol. The van der Waals surface area contributed by atoms with Crippen LogP contribution in [0, 0.1) is 0 Å². The first-order valence-electron chi connectivity index (χ1n) is 8.78. The van der Waals surface area contributed by atoms with Crippen molar-refractivity contribution in [2.45, 2.75) is 39.4 Å². The summed E-state index contributed by atoms with van der Waals surface area (Å²) >= 11 is 0. The number of benzene rings is 2. The van der Waals surface area contributed by atoms with Gasteiger partial charge < -0.3 is 18.9 Å². The van der Waals surface area contributed by atoms with E-state index in [0.29, 0.717) is 30.6 Å². The van der Waals surface area contributed by atoms with Gasteiger partial charge in [-0.2, -0.15) is 0 Å². The van der Waals surface area contributed by atoms with Gasteiger partial charge in [0.2, 0.25) is 0 Å². The Bertz CT molecular complexity index is 624. The summed E-state index contributed by atoms with van der Waals surface area (Å²) in [7, 11) is 1.63. The van der Waals surface area contributed by atoms with Crippen molar-refractivity contribution in [1.82, 2.24) is 0 Å². The van der Waals surface area contributed by atoms with Crippen molar-refractivity contribution in [3.05, 3.63) is 54.1 Å². The zero-order valence-electron chi connectivity index (χ0n) is 15.5. The van der Waals surface area contributed by atoms with Gasteiger partial charge in [-0.05, 0) is 49.1 Å². The maximum absolute atomic E-state index is 5.78. The van der Waals surface area contributed by atoms with E-state index in [2.05, 4.69) is 26.0 Å². The van der Waals surface area contributed by atoms with Gasteiger partial charge >= 0.3 is 0 Å². The van der Waals surface area contributed by atoms with Gasteiger partial charge in [-0.25, -0.2) is 0 Å². The molecule has 0 aliphatic carbocycles. The lowest BCUT2D eigenvalue weighted by Gasteiger charge is -2.17. The van der Waals surface area contributed by atoms with Crippen LogP contribution in [0.3, 0.4) is 0 Å². The molecule has 0 radical (unpaired) electrons. The molecule has 0 fully saturated rings. The van der Waals surface area contributed by atoms with Crippen LogP contribution in [0.2, 0.25) is 0 Å². The monoisotopic (exact) mass is 344 g/mol. The van der Waals surface area contributed by atoms with Crippen molar-refractivity contribution in [3.8, 4) is 17.2 Å². The molecule has 0 aliphatic heterocycles. The SMILES string of the molecule is CCC(C)c1ccc(OC(C)OCCOc2ccccc2OC)cc1. The van der Waals surface area contributed by atoms with Crippen LogP contribution < -0.4 is 14.2 Å². The second-order valence-electron chi connectivity index (χ2n) is 5.93. The highest BCUT2D eigenvalue weighted by Crippen LogP contribution is 2.25. The quantitative estimate of drug-likeness (QED) is 0.447. The predicted octanol–water partition coefficient (Wildman–Crippen LogP) is 5.03. The average Bonchev–Trinajstić information content (AvgIpc) is 2.65. The van der Waals surface area contributed by atoms with Crippen LogP contribution in [0.25, 0.3) is 0 Å². The van der Waals surface area contributed by atoms with Gasteiger partial charge in [-0.3, -0.25) is 0 Å². The Hall–Kier alpha value is -2.20. The molecule has 2 unspecified atom stereocenters. The molecule has 0 saturated carbocycles. The molecule has 0 heterocycles. The fraction of sp³-hybridized carbons (Fsp3) is 0.429. The topological polar surface area (TPSA) is 36.9 Å². The van der Waals surface area contributed by atoms with Crippen LogP contribution in [0.15, 0.2) is 48.5 Å². The fourth-order valence-corrected chi connectivity index (χ4v) is 2.44. The van der Waals surface area contributed by atoms with E-state index in [1.807, 2.05) is 43.3 Å². The van der Waals surface area contributed by atoms with E-state index in [1.54, 1.807) is 7.11 Å². The number of hydrogen-bond acceptors (Lipinski definition) is 4. The standard InChI is InChI=1S/C21H28O4/c1-5-16(2)18-10-12-19(13-11-18)25-17(3)23-14-15-24-21-9-7-6-8-20(21)22-4/h6-13,16-17H,5,14-15H2,1-4H3. The first kappa shape index (κ1) is 19.1. The van der Waals surface area contributed by atoms with E-state index in [4.69, 9.17) is 18.9 Å². The smallest absolute Gasteiger partial charge is 0.197 e. The second kappa shape index (κ2) is 9.94. The van der Waals surface area contributed by atoms with E-state index in [9.17, 15) is 0 Å². The van der Waals surface area contributed by atoms with Gasteiger partial charge in [0, 0.05) is 0 Å². The summed E-state index contributed by atoms with van der Waals surface area (Å²) in [5.74, 6) is 2.80. The third-order valence-corrected chi connectivity index (χ3v) is 4.13. The Morgan fingerprint density at radius 3 is 2.20 bits per heavy atom. The van der Waals surface area contributed by atoms with Crippen molar-refractivity contribution in [1.29, 1.82) is 0 Å². The molecule has 4 nitrogen and oxygen atoms in total. The zero-order chi connectivity index (χ0) is 18.1. The molecular formula is C21H28O4. The highest BCUT2D eigenvalue weighted by Gasteiger charge is 2.07. The van der Waals surface area contributed by atoms with E-state index >= 15 is 0 Å². The van der Waals surface area contributed by atoms with E-state index < -0.39 is 0 Å². The van der Waals surface area contributed by atoms with Gasteiger partial charge in [-0.15, -0.1) is 0 Å². The summed E-state index contributed by atoms with van der Waals surface area (Å²) in [5, 5.41) is 0. The molecule has 2 rings (SSSR count). The molecule has 2 atom stereocenters. The van der Waals surface area contributed by atoms with Gasteiger partial charge in [0.1, 0.15) is 12.4 Å². The van der Waals surface area contributed by atoms with Crippen molar-refractivity contribution in [3.63, 3.8) is 0 Å². The summed E-state index contributed by atoms with van der Waals surface area (Å²) in [6.07, 6.45) is 0.794. The molecule has 25 heavy (non-hydrogen) atoms. The maximum atomic E-state index is 5.78. The molecule has 0 N–H and O–H groups in total. The molecule has 2 aromatic rings. The second-order valence-corrected chi connectivity index (χ2v) is 5.93. The highest BCUT2D eigenvalue weighted by atomic mass is 16.7. The minimum atomic E-state index is -0.337. The average molecular weight is 344 g/mol. The molecule has 0 amide bonds. The summed E-state index contributed by atoms with van der Waals surface area (Å²) in [6.45, 7) is 7.16. The number of para-hydroxylation sites is 2. The third-order valence-electron chi connectivity index (χ3n) is 4.13. The van der Waals surface area contributed by atoms with Crippen molar-refractivity contribution < 1.29 is 18.9 Å². The first-order chi connectivity index (χ1) is 12.1. The Kier molecular flexibility index (Phi) is 7.61. The van der Waals surface area contributed by atoms with Crippen LogP contribution in [0.1, 0.15) is 38.7 Å². The van der Waals surface area contributed by atoms with Crippen LogP contribution in [0.4, 0.5) is 0 Å². The number of rotatable bonds is 10. The van der Waals surface area contributed by atoms with Crippen LogP contribution in [-0.4, -0.2) is 26.6 Å². The summed E-state index contributed by atoms with van der Waals surface area (Å²) in [5.41, 5.74) is 1.33. The minimum Gasteiger partial charge on any atom is -0.493 e. The van der Waals surface area contributed by atoms with Crippen molar-refractivity contribution >= 4 is 0 Å². The number of ether oxygens (including phenoxy) is 4. The van der Waals surface area contributed by atoms with E-state index in [1.165, 1.54) is 5.56 Å². The molecule has 4 heteroatoms.